The average molecular weight is 296 g/mol. The number of hydrogen-bond acceptors (Lipinski definition) is 3. The third kappa shape index (κ3) is 5.60. The zero-order valence-electron chi connectivity index (χ0n) is 11.7. The molecule has 0 radical (unpaired) electrons. The molecule has 3 N–H and O–H groups in total. The Morgan fingerprint density at radius 1 is 1.19 bits per heavy atom. The summed E-state index contributed by atoms with van der Waals surface area (Å²) in [5, 5.41) is 13.5. The Morgan fingerprint density at radius 2 is 1.76 bits per heavy atom. The van der Waals surface area contributed by atoms with Crippen LogP contribution in [0.1, 0.15) is 19.4 Å². The molecule has 0 aliphatic heterocycles. The lowest BCUT2D eigenvalue weighted by Gasteiger charge is -2.19. The van der Waals surface area contributed by atoms with Crippen molar-refractivity contribution in [1.29, 1.82) is 0 Å². The standard InChI is InChI=1S/C14H17FN2O4/c1-8(14(20)21)16-13(19)12(17-9(2)18)7-10-3-5-11(15)6-4-10/h3-6,8,12H,7H2,1-2H3,(H,16,19)(H,17,18)(H,20,21)/t8-,12-/m0/s1. The Hall–Kier alpha value is -2.44. The molecule has 2 amide bonds. The molecule has 7 heteroatoms. The molecule has 114 valence electrons. The number of halogens is 1. The number of carboxylic acids is 1. The SMILES string of the molecule is CC(=O)N[C@@H](Cc1ccc(F)cc1)C(=O)N[C@@H](C)C(=O)O. The maximum Gasteiger partial charge on any atom is 0.325 e. The number of nitrogens with one attached hydrogen (secondary N) is 2. The lowest BCUT2D eigenvalue weighted by Crippen LogP contribution is -2.51. The molecule has 2 atom stereocenters. The van der Waals surface area contributed by atoms with Crippen LogP contribution in [0.15, 0.2) is 24.3 Å². The van der Waals surface area contributed by atoms with Crippen LogP contribution < -0.4 is 10.6 Å². The maximum absolute atomic E-state index is 12.8. The van der Waals surface area contributed by atoms with Gasteiger partial charge in [-0.1, -0.05) is 12.1 Å². The monoisotopic (exact) mass is 296 g/mol. The molecule has 0 unspecified atom stereocenters. The number of benzene rings is 1. The number of carbonyl (C=O) groups is 3. The highest BCUT2D eigenvalue weighted by molar-refractivity contribution is 5.90. The number of hydrogen-bond donors (Lipinski definition) is 3. The van der Waals surface area contributed by atoms with Crippen LogP contribution in [0.2, 0.25) is 0 Å². The minimum absolute atomic E-state index is 0.137. The topological polar surface area (TPSA) is 95.5 Å². The van der Waals surface area contributed by atoms with Crippen molar-refractivity contribution in [3.05, 3.63) is 35.6 Å². The Labute approximate surface area is 121 Å². The van der Waals surface area contributed by atoms with Crippen LogP contribution >= 0.6 is 0 Å². The van der Waals surface area contributed by atoms with Crippen molar-refractivity contribution < 1.29 is 23.9 Å². The smallest absolute Gasteiger partial charge is 0.325 e. The molecule has 0 bridgehead atoms. The van der Waals surface area contributed by atoms with Crippen LogP contribution in [0.4, 0.5) is 4.39 Å². The minimum atomic E-state index is -1.17. The number of carbonyl (C=O) groups excluding carboxylic acids is 2. The molecular formula is C14H17FN2O4. The van der Waals surface area contributed by atoms with Gasteiger partial charge in [-0.25, -0.2) is 4.39 Å². The highest BCUT2D eigenvalue weighted by atomic mass is 19.1. The molecule has 21 heavy (non-hydrogen) atoms. The fraction of sp³-hybridized carbons (Fsp3) is 0.357. The molecule has 0 aliphatic rings. The number of carboxylic acid groups (broad SMARTS) is 1. The Kier molecular flexibility index (Phi) is 5.83. The van der Waals surface area contributed by atoms with E-state index in [0.717, 1.165) is 0 Å². The summed E-state index contributed by atoms with van der Waals surface area (Å²) in [5.41, 5.74) is 0.647. The normalized spacial score (nSPS) is 13.1. The van der Waals surface area contributed by atoms with E-state index in [0.29, 0.717) is 5.56 Å². The Bertz CT molecular complexity index is 530. The van der Waals surface area contributed by atoms with Crippen molar-refractivity contribution in [3.63, 3.8) is 0 Å². The van der Waals surface area contributed by atoms with E-state index < -0.39 is 35.7 Å². The maximum atomic E-state index is 12.8. The summed E-state index contributed by atoms with van der Waals surface area (Å²) < 4.78 is 12.8. The minimum Gasteiger partial charge on any atom is -0.480 e. The van der Waals surface area contributed by atoms with E-state index in [9.17, 15) is 18.8 Å². The summed E-state index contributed by atoms with van der Waals surface area (Å²) in [6, 6.07) is 3.50. The van der Waals surface area contributed by atoms with Gasteiger partial charge < -0.3 is 15.7 Å². The van der Waals surface area contributed by atoms with E-state index in [2.05, 4.69) is 10.6 Å². The van der Waals surface area contributed by atoms with E-state index in [1.807, 2.05) is 0 Å². The van der Waals surface area contributed by atoms with E-state index in [4.69, 9.17) is 5.11 Å². The van der Waals surface area contributed by atoms with Crippen molar-refractivity contribution in [2.24, 2.45) is 0 Å². The lowest BCUT2D eigenvalue weighted by molar-refractivity contribution is -0.141. The third-order valence-electron chi connectivity index (χ3n) is 2.78. The summed E-state index contributed by atoms with van der Waals surface area (Å²) in [4.78, 5) is 33.9. The molecule has 0 saturated heterocycles. The summed E-state index contributed by atoms with van der Waals surface area (Å²) >= 11 is 0. The largest absolute Gasteiger partial charge is 0.480 e. The molecular weight excluding hydrogens is 279 g/mol. The molecule has 1 aromatic carbocycles. The number of aliphatic carboxylic acids is 1. The molecule has 6 nitrogen and oxygen atoms in total. The van der Waals surface area contributed by atoms with Crippen LogP contribution in [0, 0.1) is 5.82 Å². The highest BCUT2D eigenvalue weighted by Gasteiger charge is 2.23. The van der Waals surface area contributed by atoms with Crippen LogP contribution in [0.3, 0.4) is 0 Å². The summed E-state index contributed by atoms with van der Waals surface area (Å²) in [6.45, 7) is 2.58. The van der Waals surface area contributed by atoms with Crippen molar-refractivity contribution in [2.75, 3.05) is 0 Å². The van der Waals surface area contributed by atoms with Crippen molar-refractivity contribution in [2.45, 2.75) is 32.4 Å². The molecule has 0 fully saturated rings. The van der Waals surface area contributed by atoms with Crippen LogP contribution in [0.25, 0.3) is 0 Å². The molecule has 0 spiro atoms. The molecule has 0 aromatic heterocycles. The van der Waals surface area contributed by atoms with E-state index in [1.165, 1.54) is 38.1 Å². The lowest BCUT2D eigenvalue weighted by atomic mass is 10.0. The first-order valence-corrected chi connectivity index (χ1v) is 6.34. The van der Waals surface area contributed by atoms with Gasteiger partial charge in [0.25, 0.3) is 0 Å². The van der Waals surface area contributed by atoms with Gasteiger partial charge >= 0.3 is 5.97 Å². The number of rotatable bonds is 6. The molecule has 1 rings (SSSR count). The summed E-state index contributed by atoms with van der Waals surface area (Å²) in [6.07, 6.45) is 0.137. The molecule has 0 aliphatic carbocycles. The second-order valence-corrected chi connectivity index (χ2v) is 4.65. The number of amides is 2. The Balaban J connectivity index is 2.79. The van der Waals surface area contributed by atoms with Crippen molar-refractivity contribution in [1.82, 2.24) is 10.6 Å². The second-order valence-electron chi connectivity index (χ2n) is 4.65. The predicted octanol–water partition coefficient (Wildman–Crippen LogP) is 0.462. The molecule has 0 heterocycles. The van der Waals surface area contributed by atoms with Gasteiger partial charge in [0.05, 0.1) is 0 Å². The fourth-order valence-corrected chi connectivity index (χ4v) is 1.69. The van der Waals surface area contributed by atoms with Gasteiger partial charge in [-0.15, -0.1) is 0 Å². The average Bonchev–Trinajstić information content (AvgIpc) is 2.39. The van der Waals surface area contributed by atoms with Gasteiger partial charge in [0.2, 0.25) is 11.8 Å². The second kappa shape index (κ2) is 7.37. The van der Waals surface area contributed by atoms with Gasteiger partial charge in [0.15, 0.2) is 0 Å². The third-order valence-corrected chi connectivity index (χ3v) is 2.78. The van der Waals surface area contributed by atoms with Gasteiger partial charge in [-0.2, -0.15) is 0 Å². The van der Waals surface area contributed by atoms with E-state index in [1.54, 1.807) is 0 Å². The zero-order chi connectivity index (χ0) is 16.0. The predicted molar refractivity (Wildman–Crippen MR) is 72.9 cm³/mol. The first-order valence-electron chi connectivity index (χ1n) is 6.34. The quantitative estimate of drug-likeness (QED) is 0.711. The van der Waals surface area contributed by atoms with Crippen LogP contribution in [-0.2, 0) is 20.8 Å². The fourth-order valence-electron chi connectivity index (χ4n) is 1.69. The molecule has 1 aromatic rings. The van der Waals surface area contributed by atoms with Crippen molar-refractivity contribution in [3.8, 4) is 0 Å². The first-order chi connectivity index (χ1) is 9.79. The van der Waals surface area contributed by atoms with Crippen LogP contribution in [-0.4, -0.2) is 35.0 Å². The Morgan fingerprint density at radius 3 is 2.24 bits per heavy atom. The van der Waals surface area contributed by atoms with Gasteiger partial charge in [0, 0.05) is 13.3 Å². The van der Waals surface area contributed by atoms with Gasteiger partial charge in [-0.05, 0) is 24.6 Å². The van der Waals surface area contributed by atoms with E-state index >= 15 is 0 Å². The summed E-state index contributed by atoms with van der Waals surface area (Å²) in [5.74, 6) is -2.60. The molecule has 0 saturated carbocycles. The van der Waals surface area contributed by atoms with Crippen LogP contribution in [0.5, 0.6) is 0 Å². The van der Waals surface area contributed by atoms with E-state index in [-0.39, 0.29) is 6.42 Å². The summed E-state index contributed by atoms with van der Waals surface area (Å²) in [7, 11) is 0. The zero-order valence-corrected chi connectivity index (χ0v) is 11.7. The first kappa shape index (κ1) is 16.6. The van der Waals surface area contributed by atoms with Gasteiger partial charge in [-0.3, -0.25) is 14.4 Å². The van der Waals surface area contributed by atoms with Crippen molar-refractivity contribution >= 4 is 17.8 Å². The highest BCUT2D eigenvalue weighted by Crippen LogP contribution is 2.06. The van der Waals surface area contributed by atoms with Gasteiger partial charge in [0.1, 0.15) is 17.9 Å².